The van der Waals surface area contributed by atoms with Gasteiger partial charge in [-0.3, -0.25) is 14.6 Å². The summed E-state index contributed by atoms with van der Waals surface area (Å²) in [7, 11) is 0. The minimum Gasteiger partial charge on any atom is -0.481 e. The lowest BCUT2D eigenvalue weighted by molar-refractivity contribution is -0.149. The van der Waals surface area contributed by atoms with Gasteiger partial charge in [0.05, 0.1) is 5.41 Å². The van der Waals surface area contributed by atoms with Gasteiger partial charge in [-0.15, -0.1) is 0 Å². The number of rotatable bonds is 4. The zero-order chi connectivity index (χ0) is 14.4. The summed E-state index contributed by atoms with van der Waals surface area (Å²) in [6.45, 7) is 0.198. The third-order valence-corrected chi connectivity index (χ3v) is 4.04. The lowest BCUT2D eigenvalue weighted by atomic mass is 9.80. The maximum absolute atomic E-state index is 12.0. The van der Waals surface area contributed by atoms with E-state index in [1.165, 1.54) is 0 Å². The minimum absolute atomic E-state index is 0.198. The lowest BCUT2D eigenvalue weighted by Gasteiger charge is -2.28. The topological polar surface area (TPSA) is 79.3 Å². The van der Waals surface area contributed by atoms with E-state index in [0.717, 1.165) is 25.7 Å². The summed E-state index contributed by atoms with van der Waals surface area (Å²) in [6.07, 6.45) is 8.36. The molecule has 1 aromatic heterocycles. The minimum atomic E-state index is -0.806. The van der Waals surface area contributed by atoms with Crippen LogP contribution < -0.4 is 5.32 Å². The van der Waals surface area contributed by atoms with Crippen LogP contribution in [0.1, 0.15) is 48.9 Å². The predicted molar refractivity (Wildman–Crippen MR) is 74.3 cm³/mol. The van der Waals surface area contributed by atoms with Crippen LogP contribution in [0.5, 0.6) is 0 Å². The molecule has 1 aliphatic carbocycles. The van der Waals surface area contributed by atoms with Crippen molar-refractivity contribution in [2.75, 3.05) is 6.54 Å². The molecule has 1 aromatic rings. The van der Waals surface area contributed by atoms with Crippen LogP contribution in [0, 0.1) is 5.41 Å². The van der Waals surface area contributed by atoms with Gasteiger partial charge in [-0.1, -0.05) is 25.7 Å². The predicted octanol–water partition coefficient (Wildman–Crippen LogP) is 2.24. The molecular formula is C15H20N2O3. The molecule has 20 heavy (non-hydrogen) atoms. The molecule has 1 heterocycles. The van der Waals surface area contributed by atoms with Gasteiger partial charge in [0.2, 0.25) is 0 Å². The first-order valence-corrected chi connectivity index (χ1v) is 7.06. The fourth-order valence-electron chi connectivity index (χ4n) is 2.73. The summed E-state index contributed by atoms with van der Waals surface area (Å²) in [6, 6.07) is 3.24. The number of hydrogen-bond acceptors (Lipinski definition) is 3. The fraction of sp³-hybridized carbons (Fsp3) is 0.533. The number of hydrogen-bond donors (Lipinski definition) is 2. The molecule has 0 atom stereocenters. The molecule has 0 bridgehead atoms. The molecule has 5 nitrogen and oxygen atoms in total. The maximum atomic E-state index is 12.0. The van der Waals surface area contributed by atoms with E-state index in [4.69, 9.17) is 0 Å². The standard InChI is InChI=1S/C15H20N2O3/c18-13(12-5-9-16-10-6-12)17-11-15(14(19)20)7-3-1-2-4-8-15/h5-6,9-10H,1-4,7-8,11H2,(H,17,18)(H,19,20). The number of carboxylic acid groups (broad SMARTS) is 1. The summed E-state index contributed by atoms with van der Waals surface area (Å²) in [5, 5.41) is 12.3. The SMILES string of the molecule is O=C(NCC1(C(=O)O)CCCCCC1)c1ccncc1. The Hall–Kier alpha value is -1.91. The van der Waals surface area contributed by atoms with E-state index in [1.54, 1.807) is 24.5 Å². The van der Waals surface area contributed by atoms with Gasteiger partial charge in [0.15, 0.2) is 0 Å². The molecule has 108 valence electrons. The molecule has 1 fully saturated rings. The van der Waals surface area contributed by atoms with Crippen molar-refractivity contribution in [3.8, 4) is 0 Å². The van der Waals surface area contributed by atoms with Crippen LogP contribution in [-0.4, -0.2) is 28.5 Å². The molecule has 1 saturated carbocycles. The number of aliphatic carboxylic acids is 1. The number of carbonyl (C=O) groups excluding carboxylic acids is 1. The summed E-state index contributed by atoms with van der Waals surface area (Å²) in [5.74, 6) is -1.04. The van der Waals surface area contributed by atoms with Crippen LogP contribution >= 0.6 is 0 Å². The summed E-state index contributed by atoms with van der Waals surface area (Å²) in [5.41, 5.74) is -0.298. The van der Waals surface area contributed by atoms with E-state index >= 15 is 0 Å². The second-order valence-corrected chi connectivity index (χ2v) is 5.42. The van der Waals surface area contributed by atoms with Crippen LogP contribution in [-0.2, 0) is 4.79 Å². The van der Waals surface area contributed by atoms with E-state index in [0.29, 0.717) is 18.4 Å². The lowest BCUT2D eigenvalue weighted by Crippen LogP contribution is -2.42. The van der Waals surface area contributed by atoms with Crippen LogP contribution in [0.15, 0.2) is 24.5 Å². The monoisotopic (exact) mass is 276 g/mol. The van der Waals surface area contributed by atoms with Crippen molar-refractivity contribution in [1.82, 2.24) is 10.3 Å². The highest BCUT2D eigenvalue weighted by Crippen LogP contribution is 2.34. The Morgan fingerprint density at radius 1 is 1.15 bits per heavy atom. The van der Waals surface area contributed by atoms with Crippen molar-refractivity contribution in [2.45, 2.75) is 38.5 Å². The Bertz CT molecular complexity index is 465. The first-order valence-electron chi connectivity index (χ1n) is 7.06. The van der Waals surface area contributed by atoms with Gasteiger partial charge in [-0.2, -0.15) is 0 Å². The average Bonchev–Trinajstić information content (AvgIpc) is 2.72. The molecular weight excluding hydrogens is 256 g/mol. The molecule has 2 rings (SSSR count). The van der Waals surface area contributed by atoms with Crippen molar-refractivity contribution in [3.63, 3.8) is 0 Å². The van der Waals surface area contributed by atoms with E-state index < -0.39 is 11.4 Å². The van der Waals surface area contributed by atoms with Gasteiger partial charge < -0.3 is 10.4 Å². The van der Waals surface area contributed by atoms with E-state index in [2.05, 4.69) is 10.3 Å². The molecule has 1 amide bonds. The van der Waals surface area contributed by atoms with Crippen LogP contribution in [0.4, 0.5) is 0 Å². The number of nitrogens with one attached hydrogen (secondary N) is 1. The molecule has 0 saturated heterocycles. The quantitative estimate of drug-likeness (QED) is 0.826. The van der Waals surface area contributed by atoms with Gasteiger partial charge in [0.25, 0.3) is 5.91 Å². The molecule has 5 heteroatoms. The highest BCUT2D eigenvalue weighted by atomic mass is 16.4. The third-order valence-electron chi connectivity index (χ3n) is 4.04. The van der Waals surface area contributed by atoms with E-state index in [-0.39, 0.29) is 12.5 Å². The first kappa shape index (κ1) is 14.5. The smallest absolute Gasteiger partial charge is 0.311 e. The van der Waals surface area contributed by atoms with Gasteiger partial charge in [-0.05, 0) is 25.0 Å². The Balaban J connectivity index is 2.02. The van der Waals surface area contributed by atoms with E-state index in [9.17, 15) is 14.7 Å². The van der Waals surface area contributed by atoms with Crippen molar-refractivity contribution < 1.29 is 14.7 Å². The Kier molecular flexibility index (Phi) is 4.71. The normalized spacial score (nSPS) is 18.0. The Labute approximate surface area is 118 Å². The highest BCUT2D eigenvalue weighted by Gasteiger charge is 2.38. The highest BCUT2D eigenvalue weighted by molar-refractivity contribution is 5.94. The summed E-state index contributed by atoms with van der Waals surface area (Å²) >= 11 is 0. The first-order chi connectivity index (χ1) is 9.64. The second kappa shape index (κ2) is 6.50. The van der Waals surface area contributed by atoms with Gasteiger partial charge >= 0.3 is 5.97 Å². The Morgan fingerprint density at radius 2 is 1.75 bits per heavy atom. The van der Waals surface area contributed by atoms with Gasteiger partial charge in [0, 0.05) is 24.5 Å². The summed E-state index contributed by atoms with van der Waals surface area (Å²) < 4.78 is 0. The van der Waals surface area contributed by atoms with E-state index in [1.807, 2.05) is 0 Å². The molecule has 0 unspecified atom stereocenters. The van der Waals surface area contributed by atoms with Crippen LogP contribution in [0.2, 0.25) is 0 Å². The van der Waals surface area contributed by atoms with Gasteiger partial charge in [-0.25, -0.2) is 0 Å². The van der Waals surface area contributed by atoms with Crippen molar-refractivity contribution in [2.24, 2.45) is 5.41 Å². The molecule has 0 aromatic carbocycles. The van der Waals surface area contributed by atoms with Crippen molar-refractivity contribution in [1.29, 1.82) is 0 Å². The molecule has 0 spiro atoms. The van der Waals surface area contributed by atoms with Gasteiger partial charge in [0.1, 0.15) is 0 Å². The number of amides is 1. The maximum Gasteiger partial charge on any atom is 0.311 e. The third kappa shape index (κ3) is 3.35. The Morgan fingerprint density at radius 3 is 2.30 bits per heavy atom. The molecule has 0 aliphatic heterocycles. The zero-order valence-corrected chi connectivity index (χ0v) is 11.5. The molecule has 1 aliphatic rings. The number of aromatic nitrogens is 1. The fourth-order valence-corrected chi connectivity index (χ4v) is 2.73. The largest absolute Gasteiger partial charge is 0.481 e. The summed E-state index contributed by atoms with van der Waals surface area (Å²) in [4.78, 5) is 27.5. The number of carboxylic acids is 1. The average molecular weight is 276 g/mol. The van der Waals surface area contributed by atoms with Crippen LogP contribution in [0.3, 0.4) is 0 Å². The van der Waals surface area contributed by atoms with Crippen molar-refractivity contribution in [3.05, 3.63) is 30.1 Å². The van der Waals surface area contributed by atoms with Crippen LogP contribution in [0.25, 0.3) is 0 Å². The number of pyridine rings is 1. The zero-order valence-electron chi connectivity index (χ0n) is 11.5. The molecule has 0 radical (unpaired) electrons. The second-order valence-electron chi connectivity index (χ2n) is 5.42. The molecule has 2 N–H and O–H groups in total. The number of carbonyl (C=O) groups is 2. The van der Waals surface area contributed by atoms with Crippen molar-refractivity contribution >= 4 is 11.9 Å². The number of nitrogens with zero attached hydrogens (tertiary/aromatic N) is 1.